The van der Waals surface area contributed by atoms with Crippen LogP contribution < -0.4 is 11.2 Å². The van der Waals surface area contributed by atoms with Gasteiger partial charge in [-0.25, -0.2) is 9.17 Å². The summed E-state index contributed by atoms with van der Waals surface area (Å²) in [5.41, 5.74) is -0.464. The second-order valence-electron chi connectivity index (χ2n) is 4.14. The number of hydrogen-bond donors (Lipinski definition) is 0. The Labute approximate surface area is 101 Å². The van der Waals surface area contributed by atoms with E-state index in [2.05, 4.69) is 4.37 Å². The van der Waals surface area contributed by atoms with Crippen molar-refractivity contribution in [2.24, 2.45) is 0 Å². The van der Waals surface area contributed by atoms with Crippen LogP contribution in [-0.4, -0.2) is 13.5 Å². The number of aromatic nitrogens is 3. The summed E-state index contributed by atoms with van der Waals surface area (Å²) in [5.74, 6) is 0. The fourth-order valence-electron chi connectivity index (χ4n) is 1.79. The Morgan fingerprint density at radius 2 is 2.18 bits per heavy atom. The quantitative estimate of drug-likeness (QED) is 0.810. The Bertz CT molecular complexity index is 637. The Morgan fingerprint density at radius 3 is 2.82 bits per heavy atom. The molecule has 2 aromatic rings. The molecule has 2 heterocycles. The second kappa shape index (κ2) is 3.96. The molecular formula is C11H11N3O2S. The predicted octanol–water partition coefficient (Wildman–Crippen LogP) is 0.850. The molecule has 1 saturated carbocycles. The largest absolute Gasteiger partial charge is 0.331 e. The first-order valence-corrected chi connectivity index (χ1v) is 6.24. The molecule has 1 fully saturated rings. The summed E-state index contributed by atoms with van der Waals surface area (Å²) in [6.07, 6.45) is 5.33. The van der Waals surface area contributed by atoms with E-state index in [4.69, 9.17) is 0 Å². The maximum absolute atomic E-state index is 12.1. The minimum absolute atomic E-state index is 0.214. The lowest BCUT2D eigenvalue weighted by molar-refractivity contribution is 0.593. The zero-order chi connectivity index (χ0) is 11.8. The number of rotatable bonds is 3. The molecule has 0 N–H and O–H groups in total. The highest BCUT2D eigenvalue weighted by Crippen LogP contribution is 2.32. The van der Waals surface area contributed by atoms with Crippen molar-refractivity contribution in [3.8, 4) is 0 Å². The summed E-state index contributed by atoms with van der Waals surface area (Å²) < 4.78 is 6.89. The molecule has 5 nitrogen and oxygen atoms in total. The highest BCUT2D eigenvalue weighted by atomic mass is 32.1. The molecule has 88 valence electrons. The van der Waals surface area contributed by atoms with Crippen LogP contribution in [-0.2, 0) is 6.54 Å². The van der Waals surface area contributed by atoms with E-state index in [1.165, 1.54) is 22.2 Å². The van der Waals surface area contributed by atoms with Gasteiger partial charge in [0.1, 0.15) is 0 Å². The van der Waals surface area contributed by atoms with Crippen molar-refractivity contribution >= 4 is 11.5 Å². The van der Waals surface area contributed by atoms with Crippen LogP contribution in [0.2, 0.25) is 0 Å². The predicted molar refractivity (Wildman–Crippen MR) is 64.4 cm³/mol. The third-order valence-electron chi connectivity index (χ3n) is 2.84. The topological polar surface area (TPSA) is 56.9 Å². The maximum atomic E-state index is 12.1. The minimum Gasteiger partial charge on any atom is -0.297 e. The van der Waals surface area contributed by atoms with E-state index in [9.17, 15) is 9.59 Å². The van der Waals surface area contributed by atoms with Gasteiger partial charge in [-0.15, -0.1) is 0 Å². The van der Waals surface area contributed by atoms with Gasteiger partial charge >= 0.3 is 5.69 Å². The molecule has 0 radical (unpaired) electrons. The SMILES string of the molecule is O=c1ccn(C2CC2)c(=O)n1Cc1ccns1. The molecule has 0 amide bonds. The van der Waals surface area contributed by atoms with Crippen LogP contribution in [0.1, 0.15) is 23.8 Å². The van der Waals surface area contributed by atoms with E-state index in [-0.39, 0.29) is 17.3 Å². The first-order chi connectivity index (χ1) is 8.25. The molecule has 0 spiro atoms. The van der Waals surface area contributed by atoms with Gasteiger partial charge < -0.3 is 0 Å². The lowest BCUT2D eigenvalue weighted by atomic mass is 10.4. The number of hydrogen-bond acceptors (Lipinski definition) is 4. The van der Waals surface area contributed by atoms with Crippen molar-refractivity contribution in [2.45, 2.75) is 25.4 Å². The normalized spacial score (nSPS) is 15.1. The molecule has 1 aliphatic rings. The molecule has 17 heavy (non-hydrogen) atoms. The fourth-order valence-corrected chi connectivity index (χ4v) is 2.35. The molecule has 0 aromatic carbocycles. The van der Waals surface area contributed by atoms with Gasteiger partial charge in [-0.3, -0.25) is 13.9 Å². The average Bonchev–Trinajstić information content (AvgIpc) is 3.02. The molecule has 2 aromatic heterocycles. The van der Waals surface area contributed by atoms with E-state index in [0.29, 0.717) is 6.54 Å². The lowest BCUT2D eigenvalue weighted by Gasteiger charge is -2.07. The molecule has 0 saturated heterocycles. The van der Waals surface area contributed by atoms with Crippen molar-refractivity contribution in [1.29, 1.82) is 0 Å². The smallest absolute Gasteiger partial charge is 0.297 e. The van der Waals surface area contributed by atoms with Gasteiger partial charge in [0.2, 0.25) is 0 Å². The molecule has 0 unspecified atom stereocenters. The monoisotopic (exact) mass is 249 g/mol. The van der Waals surface area contributed by atoms with Crippen LogP contribution in [0.3, 0.4) is 0 Å². The highest BCUT2D eigenvalue weighted by molar-refractivity contribution is 7.05. The average molecular weight is 249 g/mol. The van der Waals surface area contributed by atoms with E-state index in [1.807, 2.05) is 6.07 Å². The number of nitrogens with zero attached hydrogens (tertiary/aromatic N) is 3. The fraction of sp³-hybridized carbons (Fsp3) is 0.364. The third kappa shape index (κ3) is 1.95. The molecule has 6 heteroatoms. The summed E-state index contributed by atoms with van der Waals surface area (Å²) in [6.45, 7) is 0.315. The van der Waals surface area contributed by atoms with Gasteiger partial charge in [-0.2, -0.15) is 0 Å². The standard InChI is InChI=1S/C11H11N3O2S/c15-10-4-6-13(8-1-2-8)11(16)14(10)7-9-3-5-12-17-9/h3-6,8H,1-2,7H2. The van der Waals surface area contributed by atoms with Gasteiger partial charge in [0, 0.05) is 29.4 Å². The van der Waals surface area contributed by atoms with Crippen LogP contribution in [0.25, 0.3) is 0 Å². The van der Waals surface area contributed by atoms with E-state index in [0.717, 1.165) is 17.7 Å². The van der Waals surface area contributed by atoms with Crippen LogP contribution in [0, 0.1) is 0 Å². The first kappa shape index (κ1) is 10.5. The zero-order valence-electron chi connectivity index (χ0n) is 9.07. The Kier molecular flexibility index (Phi) is 2.44. The van der Waals surface area contributed by atoms with E-state index in [1.54, 1.807) is 17.0 Å². The first-order valence-electron chi connectivity index (χ1n) is 5.47. The van der Waals surface area contributed by atoms with Crippen molar-refractivity contribution in [3.05, 3.63) is 50.2 Å². The van der Waals surface area contributed by atoms with Gasteiger partial charge in [-0.1, -0.05) is 0 Å². The van der Waals surface area contributed by atoms with Crippen molar-refractivity contribution in [2.75, 3.05) is 0 Å². The van der Waals surface area contributed by atoms with Crippen LogP contribution in [0.15, 0.2) is 34.1 Å². The van der Waals surface area contributed by atoms with Gasteiger partial charge in [-0.05, 0) is 30.4 Å². The molecule has 0 atom stereocenters. The van der Waals surface area contributed by atoms with Crippen molar-refractivity contribution in [1.82, 2.24) is 13.5 Å². The molecule has 0 bridgehead atoms. The summed E-state index contributed by atoms with van der Waals surface area (Å²) in [6, 6.07) is 3.57. The Balaban J connectivity index is 2.05. The summed E-state index contributed by atoms with van der Waals surface area (Å²) >= 11 is 1.31. The van der Waals surface area contributed by atoms with Crippen LogP contribution in [0.4, 0.5) is 0 Å². The molecular weight excluding hydrogens is 238 g/mol. The highest BCUT2D eigenvalue weighted by Gasteiger charge is 2.25. The lowest BCUT2D eigenvalue weighted by Crippen LogP contribution is -2.38. The summed E-state index contributed by atoms with van der Waals surface area (Å²) in [7, 11) is 0. The van der Waals surface area contributed by atoms with Crippen molar-refractivity contribution in [3.63, 3.8) is 0 Å². The minimum atomic E-state index is -0.250. The van der Waals surface area contributed by atoms with Gasteiger partial charge in [0.25, 0.3) is 5.56 Å². The van der Waals surface area contributed by atoms with E-state index < -0.39 is 0 Å². The van der Waals surface area contributed by atoms with Crippen LogP contribution in [0.5, 0.6) is 0 Å². The van der Waals surface area contributed by atoms with Crippen LogP contribution >= 0.6 is 11.5 Å². The molecule has 1 aliphatic carbocycles. The maximum Gasteiger partial charge on any atom is 0.331 e. The summed E-state index contributed by atoms with van der Waals surface area (Å²) in [5, 5.41) is 0. The molecule has 0 aliphatic heterocycles. The summed E-state index contributed by atoms with van der Waals surface area (Å²) in [4.78, 5) is 24.7. The van der Waals surface area contributed by atoms with E-state index >= 15 is 0 Å². The molecule has 3 rings (SSSR count). The Hall–Kier alpha value is -1.69. The van der Waals surface area contributed by atoms with Gasteiger partial charge in [0.05, 0.1) is 6.54 Å². The van der Waals surface area contributed by atoms with Crippen molar-refractivity contribution < 1.29 is 0 Å². The Morgan fingerprint density at radius 1 is 1.35 bits per heavy atom. The van der Waals surface area contributed by atoms with Gasteiger partial charge in [0.15, 0.2) is 0 Å². The third-order valence-corrected chi connectivity index (χ3v) is 3.57. The zero-order valence-corrected chi connectivity index (χ0v) is 9.89. The second-order valence-corrected chi connectivity index (χ2v) is 5.06.